The Balaban J connectivity index is 1.36. The van der Waals surface area contributed by atoms with Crippen LogP contribution < -0.4 is 4.74 Å². The molecule has 0 heterocycles. The van der Waals surface area contributed by atoms with E-state index in [1.165, 1.54) is 50.5 Å². The van der Waals surface area contributed by atoms with Crippen LogP contribution in [-0.2, 0) is 0 Å². The van der Waals surface area contributed by atoms with Gasteiger partial charge in [-0.1, -0.05) is 56.2 Å². The summed E-state index contributed by atoms with van der Waals surface area (Å²) in [6, 6.07) is 15.6. The molecule has 2 fully saturated rings. The summed E-state index contributed by atoms with van der Waals surface area (Å²) in [6.07, 6.45) is 5.26. The monoisotopic (exact) mass is 416 g/mol. The summed E-state index contributed by atoms with van der Waals surface area (Å²) in [5, 5.41) is 0. The third-order valence-electron chi connectivity index (χ3n) is 7.27. The van der Waals surface area contributed by atoms with Gasteiger partial charge in [0.15, 0.2) is 6.61 Å². The molecule has 1 unspecified atom stereocenters. The van der Waals surface area contributed by atoms with Crippen molar-refractivity contribution in [2.45, 2.75) is 64.0 Å². The van der Waals surface area contributed by atoms with E-state index in [9.17, 15) is 13.2 Å². The van der Waals surface area contributed by atoms with Crippen LogP contribution in [-0.4, -0.2) is 12.8 Å². The van der Waals surface area contributed by atoms with Gasteiger partial charge in [-0.15, -0.1) is 0 Å². The van der Waals surface area contributed by atoms with Gasteiger partial charge in [-0.25, -0.2) is 0 Å². The van der Waals surface area contributed by atoms with E-state index < -0.39 is 12.8 Å². The fourth-order valence-corrected chi connectivity index (χ4v) is 5.52. The molecule has 4 rings (SSSR count). The number of alkyl halides is 3. The van der Waals surface area contributed by atoms with Gasteiger partial charge in [-0.2, -0.15) is 13.2 Å². The predicted molar refractivity (Wildman–Crippen MR) is 115 cm³/mol. The van der Waals surface area contributed by atoms with Crippen molar-refractivity contribution < 1.29 is 17.9 Å². The Hall–Kier alpha value is -1.97. The highest BCUT2D eigenvalue weighted by Gasteiger charge is 2.35. The van der Waals surface area contributed by atoms with Crippen LogP contribution in [0.3, 0.4) is 0 Å². The maximum Gasteiger partial charge on any atom is 0.422 e. The summed E-state index contributed by atoms with van der Waals surface area (Å²) >= 11 is 0. The molecule has 4 heteroatoms. The lowest BCUT2D eigenvalue weighted by Gasteiger charge is -2.42. The molecule has 2 aromatic rings. The van der Waals surface area contributed by atoms with Gasteiger partial charge in [0.1, 0.15) is 5.75 Å². The molecule has 1 nitrogen and oxygen atoms in total. The van der Waals surface area contributed by atoms with Gasteiger partial charge < -0.3 is 4.74 Å². The normalized spacial score (nSPS) is 26.8. The fraction of sp³-hybridized carbons (Fsp3) is 0.538. The average Bonchev–Trinajstić information content (AvgIpc) is 2.77. The van der Waals surface area contributed by atoms with E-state index >= 15 is 0 Å². The van der Waals surface area contributed by atoms with Crippen LogP contribution in [0.4, 0.5) is 13.2 Å². The molecule has 2 aliphatic rings. The summed E-state index contributed by atoms with van der Waals surface area (Å²) in [4.78, 5) is 0. The third-order valence-corrected chi connectivity index (χ3v) is 7.27. The molecule has 4 atom stereocenters. The molecule has 0 spiro atoms. The van der Waals surface area contributed by atoms with Crippen molar-refractivity contribution in [2.24, 2.45) is 17.8 Å². The molecule has 0 amide bonds. The van der Waals surface area contributed by atoms with Crippen LogP contribution >= 0.6 is 0 Å². The topological polar surface area (TPSA) is 9.23 Å². The van der Waals surface area contributed by atoms with Gasteiger partial charge in [0.2, 0.25) is 0 Å². The molecular formula is C26H31F3O. The summed E-state index contributed by atoms with van der Waals surface area (Å²) in [5.74, 6) is 3.69. The fourth-order valence-electron chi connectivity index (χ4n) is 5.52. The van der Waals surface area contributed by atoms with Gasteiger partial charge in [0.25, 0.3) is 0 Å². The van der Waals surface area contributed by atoms with E-state index in [2.05, 4.69) is 31.2 Å². The van der Waals surface area contributed by atoms with Gasteiger partial charge in [0.05, 0.1) is 0 Å². The Morgan fingerprint density at radius 2 is 1.40 bits per heavy atom. The van der Waals surface area contributed by atoms with Gasteiger partial charge in [0, 0.05) is 0 Å². The molecule has 0 N–H and O–H groups in total. The highest BCUT2D eigenvalue weighted by Crippen LogP contribution is 2.48. The van der Waals surface area contributed by atoms with Crippen LogP contribution in [0.2, 0.25) is 0 Å². The minimum atomic E-state index is -4.32. The molecule has 30 heavy (non-hydrogen) atoms. The lowest BCUT2D eigenvalue weighted by molar-refractivity contribution is -0.153. The van der Waals surface area contributed by atoms with Crippen LogP contribution in [0.15, 0.2) is 48.5 Å². The quantitative estimate of drug-likeness (QED) is 0.480. The maximum absolute atomic E-state index is 12.3. The first kappa shape index (κ1) is 21.3. The summed E-state index contributed by atoms with van der Waals surface area (Å²) in [6.45, 7) is 1.07. The second-order valence-corrected chi connectivity index (χ2v) is 9.17. The standard InChI is InChI=1S/C26H31F3O/c1-2-18-3-4-24-16-23(10-9-22(24)15-18)21-7-5-19(6-8-21)20-11-13-25(14-12-20)30-17-26(27,28)29/h5-8,11-14,18,22-24H,2-4,9-10,15-17H2,1H3/t18?,22-,23-,24-/m1/s1. The molecule has 0 saturated heterocycles. The van der Waals surface area contributed by atoms with Crippen molar-refractivity contribution in [3.05, 3.63) is 54.1 Å². The molecule has 162 valence electrons. The zero-order valence-electron chi connectivity index (χ0n) is 17.6. The SMILES string of the molecule is CCC1CC[C@@H]2C[C@H](c3ccc(-c4ccc(OCC(F)(F)F)cc4)cc3)CC[C@@H]2C1. The van der Waals surface area contributed by atoms with E-state index in [0.717, 1.165) is 28.9 Å². The number of hydrogen-bond donors (Lipinski definition) is 0. The van der Waals surface area contributed by atoms with Crippen molar-refractivity contribution in [1.29, 1.82) is 0 Å². The highest BCUT2D eigenvalue weighted by molar-refractivity contribution is 5.64. The van der Waals surface area contributed by atoms with Crippen molar-refractivity contribution in [3.63, 3.8) is 0 Å². The minimum absolute atomic E-state index is 0.238. The molecule has 2 aliphatic carbocycles. The first-order chi connectivity index (χ1) is 14.4. The average molecular weight is 417 g/mol. The summed E-state index contributed by atoms with van der Waals surface area (Å²) in [5.41, 5.74) is 3.50. The van der Waals surface area contributed by atoms with Crippen molar-refractivity contribution >= 4 is 0 Å². The molecule has 0 aromatic heterocycles. The number of halogens is 3. The largest absolute Gasteiger partial charge is 0.484 e. The van der Waals surface area contributed by atoms with Gasteiger partial charge in [-0.05, 0) is 84.6 Å². The summed E-state index contributed by atoms with van der Waals surface area (Å²) in [7, 11) is 0. The van der Waals surface area contributed by atoms with Crippen molar-refractivity contribution in [1.82, 2.24) is 0 Å². The zero-order valence-corrected chi connectivity index (χ0v) is 17.6. The van der Waals surface area contributed by atoms with E-state index in [4.69, 9.17) is 4.74 Å². The van der Waals surface area contributed by atoms with E-state index in [0.29, 0.717) is 5.92 Å². The molecule has 2 aromatic carbocycles. The number of ether oxygens (including phenoxy) is 1. The molecular weight excluding hydrogens is 385 g/mol. The molecule has 0 radical (unpaired) electrons. The van der Waals surface area contributed by atoms with E-state index in [-0.39, 0.29) is 5.75 Å². The van der Waals surface area contributed by atoms with Crippen molar-refractivity contribution in [2.75, 3.05) is 6.61 Å². The second-order valence-electron chi connectivity index (χ2n) is 9.17. The molecule has 0 aliphatic heterocycles. The first-order valence-corrected chi connectivity index (χ1v) is 11.3. The first-order valence-electron chi connectivity index (χ1n) is 11.3. The Morgan fingerprint density at radius 3 is 2.03 bits per heavy atom. The highest BCUT2D eigenvalue weighted by atomic mass is 19.4. The van der Waals surface area contributed by atoms with Crippen LogP contribution in [0.25, 0.3) is 11.1 Å². The maximum atomic E-state index is 12.3. The predicted octanol–water partition coefficient (Wildman–Crippen LogP) is 8.00. The number of benzene rings is 2. The minimum Gasteiger partial charge on any atom is -0.484 e. The second kappa shape index (κ2) is 9.03. The Kier molecular flexibility index (Phi) is 6.40. The summed E-state index contributed by atoms with van der Waals surface area (Å²) < 4.78 is 41.6. The number of hydrogen-bond acceptors (Lipinski definition) is 1. The Bertz CT molecular complexity index is 810. The van der Waals surface area contributed by atoms with E-state index in [1.807, 2.05) is 12.1 Å². The third kappa shape index (κ3) is 5.19. The smallest absolute Gasteiger partial charge is 0.422 e. The van der Waals surface area contributed by atoms with Gasteiger partial charge in [-0.3, -0.25) is 0 Å². The van der Waals surface area contributed by atoms with Crippen LogP contribution in [0, 0.1) is 17.8 Å². The van der Waals surface area contributed by atoms with Gasteiger partial charge >= 0.3 is 6.18 Å². The van der Waals surface area contributed by atoms with E-state index in [1.54, 1.807) is 12.1 Å². The number of rotatable bonds is 5. The van der Waals surface area contributed by atoms with Crippen LogP contribution in [0.5, 0.6) is 5.75 Å². The number of fused-ring (bicyclic) bond motifs is 1. The Labute approximate surface area is 177 Å². The lowest BCUT2D eigenvalue weighted by Crippen LogP contribution is -2.30. The Morgan fingerprint density at radius 1 is 0.800 bits per heavy atom. The van der Waals surface area contributed by atoms with Crippen molar-refractivity contribution in [3.8, 4) is 16.9 Å². The zero-order chi connectivity index (χ0) is 21.1. The van der Waals surface area contributed by atoms with Crippen LogP contribution in [0.1, 0.15) is 63.4 Å². The molecule has 0 bridgehead atoms. The molecule has 2 saturated carbocycles. The lowest BCUT2D eigenvalue weighted by atomic mass is 9.63.